The molecule has 1 aliphatic heterocycles. The highest BCUT2D eigenvalue weighted by molar-refractivity contribution is 5.99. The van der Waals surface area contributed by atoms with Gasteiger partial charge in [0.2, 0.25) is 0 Å². The Morgan fingerprint density at radius 3 is 2.36 bits per heavy atom. The Kier molecular flexibility index (Phi) is 2.32. The monoisotopic (exact) mass is 157 g/mol. The van der Waals surface area contributed by atoms with Gasteiger partial charge in [0.25, 0.3) is 11.8 Å². The largest absolute Gasteiger partial charge is 0.362 e. The van der Waals surface area contributed by atoms with Crippen molar-refractivity contribution in [3.8, 4) is 0 Å². The van der Waals surface area contributed by atoms with Gasteiger partial charge in [0.1, 0.15) is 19.5 Å². The summed E-state index contributed by atoms with van der Waals surface area (Å²) < 4.78 is 4.61. The van der Waals surface area contributed by atoms with E-state index in [1.807, 2.05) is 0 Å². The fourth-order valence-electron chi connectivity index (χ4n) is 0.799. The highest BCUT2D eigenvalue weighted by Crippen LogP contribution is 1.98. The van der Waals surface area contributed by atoms with Crippen molar-refractivity contribution in [3.63, 3.8) is 0 Å². The van der Waals surface area contributed by atoms with Gasteiger partial charge in [-0.1, -0.05) is 0 Å². The molecule has 0 saturated carbocycles. The molecule has 0 aromatic heterocycles. The molecule has 0 aromatic rings. The maximum atomic E-state index is 10.8. The number of aldehydes is 1. The van der Waals surface area contributed by atoms with Gasteiger partial charge in [-0.05, 0) is 0 Å². The lowest BCUT2D eigenvalue weighted by atomic mass is 10.4. The Hall–Kier alpha value is -1.23. The van der Waals surface area contributed by atoms with Crippen molar-refractivity contribution in [1.29, 1.82) is 0 Å². The summed E-state index contributed by atoms with van der Waals surface area (Å²) in [5.74, 6) is -0.901. The molecular weight excluding hydrogens is 150 g/mol. The molecule has 1 rings (SSSR count). The maximum absolute atomic E-state index is 10.8. The van der Waals surface area contributed by atoms with Crippen LogP contribution in [-0.2, 0) is 19.1 Å². The van der Waals surface area contributed by atoms with Crippen LogP contribution in [0.2, 0.25) is 0 Å². The molecule has 0 aliphatic carbocycles. The third-order valence-corrected chi connectivity index (χ3v) is 1.31. The molecule has 60 valence electrons. The lowest BCUT2D eigenvalue weighted by Gasteiger charge is -2.22. The number of carbonyl (C=O) groups excluding carboxylic acids is 3. The molecule has 11 heavy (non-hydrogen) atoms. The zero-order valence-electron chi connectivity index (χ0n) is 5.78. The van der Waals surface area contributed by atoms with Crippen molar-refractivity contribution < 1.29 is 19.1 Å². The van der Waals surface area contributed by atoms with Gasteiger partial charge in [0.15, 0.2) is 0 Å². The minimum absolute atomic E-state index is 0.112. The van der Waals surface area contributed by atoms with Crippen LogP contribution in [0.15, 0.2) is 0 Å². The first-order chi connectivity index (χ1) is 5.25. The molecule has 0 unspecified atom stereocenters. The van der Waals surface area contributed by atoms with E-state index in [4.69, 9.17) is 0 Å². The first-order valence-corrected chi connectivity index (χ1v) is 3.10. The second-order valence-electron chi connectivity index (χ2n) is 2.06. The Morgan fingerprint density at radius 1 is 1.36 bits per heavy atom. The summed E-state index contributed by atoms with van der Waals surface area (Å²) in [5.41, 5.74) is 0. The summed E-state index contributed by atoms with van der Waals surface area (Å²) in [6.45, 7) is -0.389. The molecule has 0 aromatic carbocycles. The van der Waals surface area contributed by atoms with Crippen LogP contribution in [0, 0.1) is 0 Å². The smallest absolute Gasteiger partial charge is 0.255 e. The molecule has 5 heteroatoms. The first-order valence-electron chi connectivity index (χ1n) is 3.10. The van der Waals surface area contributed by atoms with Gasteiger partial charge >= 0.3 is 0 Å². The number of amides is 2. The Labute approximate surface area is 62.9 Å². The highest BCUT2D eigenvalue weighted by atomic mass is 16.5. The van der Waals surface area contributed by atoms with Crippen molar-refractivity contribution in [2.24, 2.45) is 0 Å². The van der Waals surface area contributed by atoms with E-state index in [1.165, 1.54) is 0 Å². The molecule has 0 radical (unpaired) electrons. The maximum Gasteiger partial charge on any atom is 0.255 e. The Balaban J connectivity index is 2.62. The molecule has 0 N–H and O–H groups in total. The van der Waals surface area contributed by atoms with E-state index in [0.29, 0.717) is 6.29 Å². The molecule has 2 amide bonds. The topological polar surface area (TPSA) is 63.7 Å². The summed E-state index contributed by atoms with van der Waals surface area (Å²) in [6, 6.07) is 0. The van der Waals surface area contributed by atoms with Gasteiger partial charge in [-0.15, -0.1) is 0 Å². The van der Waals surface area contributed by atoms with E-state index in [1.54, 1.807) is 0 Å². The van der Waals surface area contributed by atoms with Crippen molar-refractivity contribution in [3.05, 3.63) is 0 Å². The SMILES string of the molecule is O=CCN1C(=O)COCC1=O. The van der Waals surface area contributed by atoms with Crippen molar-refractivity contribution >= 4 is 18.1 Å². The number of morpholine rings is 1. The molecule has 1 heterocycles. The van der Waals surface area contributed by atoms with Crippen LogP contribution < -0.4 is 0 Å². The van der Waals surface area contributed by atoms with Crippen LogP contribution in [0.1, 0.15) is 0 Å². The summed E-state index contributed by atoms with van der Waals surface area (Å²) in [4.78, 5) is 32.5. The van der Waals surface area contributed by atoms with E-state index in [2.05, 4.69) is 4.74 Å². The molecule has 0 spiro atoms. The average Bonchev–Trinajstić information content (AvgIpc) is 1.97. The van der Waals surface area contributed by atoms with Gasteiger partial charge in [0, 0.05) is 0 Å². The van der Waals surface area contributed by atoms with Crippen LogP contribution in [0.5, 0.6) is 0 Å². The molecule has 0 atom stereocenters. The number of nitrogens with zero attached hydrogens (tertiary/aromatic N) is 1. The Bertz CT molecular complexity index is 185. The van der Waals surface area contributed by atoms with Crippen LogP contribution in [0.3, 0.4) is 0 Å². The van der Waals surface area contributed by atoms with E-state index in [9.17, 15) is 14.4 Å². The molecule has 5 nitrogen and oxygen atoms in total. The number of hydrogen-bond acceptors (Lipinski definition) is 4. The molecule has 1 fully saturated rings. The average molecular weight is 157 g/mol. The Morgan fingerprint density at radius 2 is 1.91 bits per heavy atom. The standard InChI is InChI=1S/C6H7NO4/c8-2-1-7-5(9)3-11-4-6(7)10/h2H,1,3-4H2. The number of ether oxygens (including phenoxy) is 1. The molecule has 1 aliphatic rings. The van der Waals surface area contributed by atoms with Gasteiger partial charge < -0.3 is 9.53 Å². The second-order valence-corrected chi connectivity index (χ2v) is 2.06. The summed E-state index contributed by atoms with van der Waals surface area (Å²) in [5, 5.41) is 0. The van der Waals surface area contributed by atoms with E-state index in [0.717, 1.165) is 4.90 Å². The summed E-state index contributed by atoms with van der Waals surface area (Å²) in [7, 11) is 0. The van der Waals surface area contributed by atoms with Crippen LogP contribution in [-0.4, -0.2) is 42.8 Å². The minimum atomic E-state index is -0.451. The predicted molar refractivity (Wildman–Crippen MR) is 33.6 cm³/mol. The lowest BCUT2D eigenvalue weighted by molar-refractivity contribution is -0.159. The summed E-state index contributed by atoms with van der Waals surface area (Å²) in [6.07, 6.45) is 0.515. The predicted octanol–water partition coefficient (Wildman–Crippen LogP) is -1.43. The van der Waals surface area contributed by atoms with Gasteiger partial charge in [-0.3, -0.25) is 14.5 Å². The highest BCUT2D eigenvalue weighted by Gasteiger charge is 2.25. The number of hydrogen-bond donors (Lipinski definition) is 0. The van der Waals surface area contributed by atoms with E-state index >= 15 is 0 Å². The minimum Gasteiger partial charge on any atom is -0.362 e. The van der Waals surface area contributed by atoms with Gasteiger partial charge in [-0.25, -0.2) is 0 Å². The zero-order valence-corrected chi connectivity index (χ0v) is 5.78. The molecular formula is C6H7NO4. The van der Waals surface area contributed by atoms with Crippen LogP contribution >= 0.6 is 0 Å². The quantitative estimate of drug-likeness (QED) is 0.364. The second kappa shape index (κ2) is 3.25. The number of carbonyl (C=O) groups is 3. The van der Waals surface area contributed by atoms with Crippen molar-refractivity contribution in [2.75, 3.05) is 19.8 Å². The van der Waals surface area contributed by atoms with Crippen LogP contribution in [0.4, 0.5) is 0 Å². The van der Waals surface area contributed by atoms with Crippen molar-refractivity contribution in [2.45, 2.75) is 0 Å². The van der Waals surface area contributed by atoms with Gasteiger partial charge in [0.05, 0.1) is 6.54 Å². The molecule has 1 saturated heterocycles. The first kappa shape index (κ1) is 7.87. The van der Waals surface area contributed by atoms with Crippen LogP contribution in [0.25, 0.3) is 0 Å². The fraction of sp³-hybridized carbons (Fsp3) is 0.500. The third kappa shape index (κ3) is 1.62. The number of rotatable bonds is 2. The lowest BCUT2D eigenvalue weighted by Crippen LogP contribution is -2.46. The van der Waals surface area contributed by atoms with Gasteiger partial charge in [-0.2, -0.15) is 0 Å². The number of imide groups is 1. The van der Waals surface area contributed by atoms with E-state index in [-0.39, 0.29) is 19.8 Å². The molecule has 0 bridgehead atoms. The zero-order chi connectivity index (χ0) is 8.27. The van der Waals surface area contributed by atoms with Crippen molar-refractivity contribution in [1.82, 2.24) is 4.90 Å². The normalized spacial score (nSPS) is 18.7. The third-order valence-electron chi connectivity index (χ3n) is 1.31. The fourth-order valence-corrected chi connectivity index (χ4v) is 0.799. The van der Waals surface area contributed by atoms with E-state index < -0.39 is 11.8 Å². The summed E-state index contributed by atoms with van der Waals surface area (Å²) >= 11 is 0.